The van der Waals surface area contributed by atoms with Crippen LogP contribution in [0.4, 0.5) is 10.1 Å². The lowest BCUT2D eigenvalue weighted by atomic mass is 10.1. The number of benzene rings is 2. The lowest BCUT2D eigenvalue weighted by molar-refractivity contribution is 0.102. The maximum atomic E-state index is 12.8. The van der Waals surface area contributed by atoms with E-state index in [1.807, 2.05) is 6.07 Å². The molecule has 0 aliphatic carbocycles. The van der Waals surface area contributed by atoms with Crippen molar-refractivity contribution in [1.29, 1.82) is 0 Å². The first kappa shape index (κ1) is 14.0. The standard InChI is InChI=1S/C15H15FN2O2/c1-20-14-8-10(9-17)2-7-13(14)18-15(19)11-3-5-12(16)6-4-11/h2-8H,9,17H2,1H3,(H,18,19). The fraction of sp³-hybridized carbons (Fsp3) is 0.133. The van der Waals surface area contributed by atoms with Crippen LogP contribution in [0.1, 0.15) is 15.9 Å². The largest absolute Gasteiger partial charge is 0.495 e. The number of amides is 1. The summed E-state index contributed by atoms with van der Waals surface area (Å²) in [5, 5.41) is 2.72. The van der Waals surface area contributed by atoms with Crippen LogP contribution in [0.3, 0.4) is 0 Å². The van der Waals surface area contributed by atoms with Crippen LogP contribution in [0.5, 0.6) is 5.75 Å². The van der Waals surface area contributed by atoms with Gasteiger partial charge in [0.2, 0.25) is 0 Å². The van der Waals surface area contributed by atoms with Crippen molar-refractivity contribution >= 4 is 11.6 Å². The molecular weight excluding hydrogens is 259 g/mol. The number of anilines is 1. The Morgan fingerprint density at radius 2 is 1.95 bits per heavy atom. The Morgan fingerprint density at radius 1 is 1.25 bits per heavy atom. The first-order valence-electron chi connectivity index (χ1n) is 6.08. The molecule has 4 nitrogen and oxygen atoms in total. The van der Waals surface area contributed by atoms with Gasteiger partial charge >= 0.3 is 0 Å². The molecule has 0 unspecified atom stereocenters. The van der Waals surface area contributed by atoms with Gasteiger partial charge in [-0.1, -0.05) is 6.07 Å². The average Bonchev–Trinajstić information content (AvgIpc) is 2.48. The Bertz CT molecular complexity index is 612. The molecule has 0 fully saturated rings. The maximum Gasteiger partial charge on any atom is 0.255 e. The van der Waals surface area contributed by atoms with E-state index < -0.39 is 0 Å². The summed E-state index contributed by atoms with van der Waals surface area (Å²) in [6, 6.07) is 10.6. The van der Waals surface area contributed by atoms with E-state index in [-0.39, 0.29) is 11.7 Å². The van der Waals surface area contributed by atoms with Crippen LogP contribution >= 0.6 is 0 Å². The molecule has 2 aromatic carbocycles. The summed E-state index contributed by atoms with van der Waals surface area (Å²) in [7, 11) is 1.52. The lowest BCUT2D eigenvalue weighted by Crippen LogP contribution is -2.13. The zero-order chi connectivity index (χ0) is 14.5. The number of nitrogens with two attached hydrogens (primary N) is 1. The minimum atomic E-state index is -0.383. The summed E-state index contributed by atoms with van der Waals surface area (Å²) in [5.74, 6) is -0.182. The molecule has 0 aromatic heterocycles. The van der Waals surface area contributed by atoms with Crippen molar-refractivity contribution < 1.29 is 13.9 Å². The average molecular weight is 274 g/mol. The van der Waals surface area contributed by atoms with Crippen molar-refractivity contribution in [2.75, 3.05) is 12.4 Å². The normalized spacial score (nSPS) is 10.2. The van der Waals surface area contributed by atoms with Gasteiger partial charge in [-0.2, -0.15) is 0 Å². The van der Waals surface area contributed by atoms with Crippen molar-refractivity contribution in [3.63, 3.8) is 0 Å². The van der Waals surface area contributed by atoms with Gasteiger partial charge in [-0.05, 0) is 42.0 Å². The highest BCUT2D eigenvalue weighted by Crippen LogP contribution is 2.26. The Hall–Kier alpha value is -2.40. The third-order valence-electron chi connectivity index (χ3n) is 2.86. The van der Waals surface area contributed by atoms with Crippen molar-refractivity contribution in [1.82, 2.24) is 0 Å². The smallest absolute Gasteiger partial charge is 0.255 e. The van der Waals surface area contributed by atoms with E-state index in [0.29, 0.717) is 23.5 Å². The number of hydrogen-bond donors (Lipinski definition) is 2. The quantitative estimate of drug-likeness (QED) is 0.900. The summed E-state index contributed by atoms with van der Waals surface area (Å²) < 4.78 is 18.0. The Balaban J connectivity index is 2.21. The number of nitrogens with one attached hydrogen (secondary N) is 1. The van der Waals surface area contributed by atoms with Crippen molar-refractivity contribution in [2.45, 2.75) is 6.54 Å². The second kappa shape index (κ2) is 6.16. The zero-order valence-electron chi connectivity index (χ0n) is 11.0. The van der Waals surface area contributed by atoms with Gasteiger partial charge in [0.05, 0.1) is 12.8 Å². The van der Waals surface area contributed by atoms with Crippen LogP contribution in [-0.4, -0.2) is 13.0 Å². The van der Waals surface area contributed by atoms with Crippen LogP contribution in [0.25, 0.3) is 0 Å². The number of hydrogen-bond acceptors (Lipinski definition) is 3. The van der Waals surface area contributed by atoms with E-state index in [9.17, 15) is 9.18 Å². The first-order valence-corrected chi connectivity index (χ1v) is 6.08. The fourth-order valence-electron chi connectivity index (χ4n) is 1.76. The van der Waals surface area contributed by atoms with Crippen LogP contribution in [0, 0.1) is 5.82 Å². The van der Waals surface area contributed by atoms with E-state index in [1.165, 1.54) is 31.4 Å². The third-order valence-corrected chi connectivity index (χ3v) is 2.86. The van der Waals surface area contributed by atoms with Crippen LogP contribution in [0.2, 0.25) is 0 Å². The SMILES string of the molecule is COc1cc(CN)ccc1NC(=O)c1ccc(F)cc1. The van der Waals surface area contributed by atoms with E-state index in [0.717, 1.165) is 5.56 Å². The molecule has 0 saturated carbocycles. The molecule has 104 valence electrons. The Kier molecular flexibility index (Phi) is 4.32. The molecule has 0 saturated heterocycles. The molecule has 1 amide bonds. The van der Waals surface area contributed by atoms with E-state index >= 15 is 0 Å². The number of rotatable bonds is 4. The van der Waals surface area contributed by atoms with Gasteiger partial charge in [-0.25, -0.2) is 4.39 Å². The molecule has 0 radical (unpaired) electrons. The summed E-state index contributed by atoms with van der Waals surface area (Å²) >= 11 is 0. The van der Waals surface area contributed by atoms with Gasteiger partial charge < -0.3 is 15.8 Å². The van der Waals surface area contributed by atoms with Gasteiger partial charge in [0.25, 0.3) is 5.91 Å². The summed E-state index contributed by atoms with van der Waals surface area (Å²) in [6.45, 7) is 0.391. The topological polar surface area (TPSA) is 64.3 Å². The molecule has 2 aromatic rings. The fourth-order valence-corrected chi connectivity index (χ4v) is 1.76. The number of carbonyl (C=O) groups is 1. The van der Waals surface area contributed by atoms with Crippen molar-refractivity contribution in [3.8, 4) is 5.75 Å². The van der Waals surface area contributed by atoms with Crippen LogP contribution < -0.4 is 15.8 Å². The van der Waals surface area contributed by atoms with Crippen LogP contribution in [0.15, 0.2) is 42.5 Å². The molecule has 0 aliphatic rings. The van der Waals surface area contributed by atoms with Crippen molar-refractivity contribution in [3.05, 3.63) is 59.4 Å². The van der Waals surface area contributed by atoms with Gasteiger partial charge in [0.1, 0.15) is 11.6 Å². The predicted octanol–water partition coefficient (Wildman–Crippen LogP) is 2.55. The Labute approximate surface area is 116 Å². The van der Waals surface area contributed by atoms with E-state index in [1.54, 1.807) is 12.1 Å². The molecule has 0 heterocycles. The minimum absolute atomic E-state index is 0.330. The lowest BCUT2D eigenvalue weighted by Gasteiger charge is -2.11. The molecule has 2 rings (SSSR count). The summed E-state index contributed by atoms with van der Waals surface area (Å²) in [4.78, 5) is 12.0. The van der Waals surface area contributed by atoms with Gasteiger partial charge in [-0.3, -0.25) is 4.79 Å². The third kappa shape index (κ3) is 3.13. The predicted molar refractivity (Wildman–Crippen MR) is 75.2 cm³/mol. The molecule has 5 heteroatoms. The molecule has 0 bridgehead atoms. The highest BCUT2D eigenvalue weighted by Gasteiger charge is 2.10. The van der Waals surface area contributed by atoms with Gasteiger partial charge in [-0.15, -0.1) is 0 Å². The molecule has 0 atom stereocenters. The second-order valence-electron chi connectivity index (χ2n) is 4.20. The minimum Gasteiger partial charge on any atom is -0.495 e. The number of methoxy groups -OCH3 is 1. The van der Waals surface area contributed by atoms with E-state index in [4.69, 9.17) is 10.5 Å². The summed E-state index contributed by atoms with van der Waals surface area (Å²) in [5.41, 5.74) is 7.37. The highest BCUT2D eigenvalue weighted by molar-refractivity contribution is 6.05. The maximum absolute atomic E-state index is 12.8. The monoisotopic (exact) mass is 274 g/mol. The molecule has 3 N–H and O–H groups in total. The summed E-state index contributed by atoms with van der Waals surface area (Å²) in [6.07, 6.45) is 0. The molecule has 20 heavy (non-hydrogen) atoms. The number of ether oxygens (including phenoxy) is 1. The molecule has 0 aliphatic heterocycles. The van der Waals surface area contributed by atoms with Gasteiger partial charge in [0.15, 0.2) is 0 Å². The number of halogens is 1. The molecule has 0 spiro atoms. The first-order chi connectivity index (χ1) is 9.63. The van der Waals surface area contributed by atoms with Crippen LogP contribution in [-0.2, 0) is 6.54 Å². The second-order valence-corrected chi connectivity index (χ2v) is 4.20. The highest BCUT2D eigenvalue weighted by atomic mass is 19.1. The Morgan fingerprint density at radius 3 is 2.55 bits per heavy atom. The number of carbonyl (C=O) groups excluding carboxylic acids is 1. The zero-order valence-corrected chi connectivity index (χ0v) is 11.0. The molecular formula is C15H15FN2O2. The van der Waals surface area contributed by atoms with Gasteiger partial charge in [0, 0.05) is 12.1 Å². The van der Waals surface area contributed by atoms with Crippen molar-refractivity contribution in [2.24, 2.45) is 5.73 Å². The van der Waals surface area contributed by atoms with E-state index in [2.05, 4.69) is 5.32 Å².